The van der Waals surface area contributed by atoms with Crippen LogP contribution < -0.4 is 0 Å². The molecular weight excluding hydrogens is 422 g/mol. The Bertz CT molecular complexity index is 902. The van der Waals surface area contributed by atoms with Crippen molar-refractivity contribution >= 4 is 46.5 Å². The first kappa shape index (κ1) is 18.9. The van der Waals surface area contributed by atoms with Gasteiger partial charge >= 0.3 is 12.1 Å². The van der Waals surface area contributed by atoms with Crippen LogP contribution in [0.2, 0.25) is 15.1 Å². The van der Waals surface area contributed by atoms with Gasteiger partial charge in [0.1, 0.15) is 5.71 Å². The Balaban J connectivity index is 2.03. The van der Waals surface area contributed by atoms with Crippen LogP contribution in [0.25, 0.3) is 0 Å². The Morgan fingerprint density at radius 1 is 1.19 bits per heavy atom. The van der Waals surface area contributed by atoms with E-state index < -0.39 is 35.5 Å². The average molecular weight is 429 g/mol. The van der Waals surface area contributed by atoms with Gasteiger partial charge in [-0.1, -0.05) is 40.0 Å². The van der Waals surface area contributed by atoms with Crippen molar-refractivity contribution in [1.82, 2.24) is 0 Å². The van der Waals surface area contributed by atoms with Gasteiger partial charge in [0.15, 0.2) is 5.76 Å². The third-order valence-electron chi connectivity index (χ3n) is 3.74. The van der Waals surface area contributed by atoms with E-state index in [9.17, 15) is 18.0 Å². The molecule has 1 aromatic carbocycles. The van der Waals surface area contributed by atoms with Crippen LogP contribution in [0.15, 0.2) is 33.8 Å². The van der Waals surface area contributed by atoms with E-state index in [2.05, 4.69) is 5.16 Å². The molecule has 1 N–H and O–H groups in total. The van der Waals surface area contributed by atoms with Gasteiger partial charge in [0.05, 0.1) is 21.5 Å². The first-order chi connectivity index (χ1) is 12.0. The number of aromatic carboxylic acids is 1. The standard InChI is InChI=1S/C15H7Cl3F3NO4/c16-7-3-6(4-8(17)12(7)18)14(15(19,20)21)5-9(22-26-14)10-1-2-11(25-10)13(23)24/h1-4H,5H2,(H,23,24). The summed E-state index contributed by atoms with van der Waals surface area (Å²) in [6.07, 6.45) is -5.65. The molecule has 0 radical (unpaired) electrons. The van der Waals surface area contributed by atoms with E-state index in [1.807, 2.05) is 0 Å². The molecule has 0 bridgehead atoms. The van der Waals surface area contributed by atoms with Gasteiger partial charge in [-0.2, -0.15) is 13.2 Å². The second-order valence-corrected chi connectivity index (χ2v) is 6.55. The molecule has 5 nitrogen and oxygen atoms in total. The molecule has 3 rings (SSSR count). The van der Waals surface area contributed by atoms with E-state index in [1.165, 1.54) is 6.07 Å². The number of benzene rings is 1. The van der Waals surface area contributed by atoms with Crippen LogP contribution in [-0.4, -0.2) is 23.0 Å². The lowest BCUT2D eigenvalue weighted by Gasteiger charge is -2.29. The summed E-state index contributed by atoms with van der Waals surface area (Å²) in [5, 5.41) is 11.8. The van der Waals surface area contributed by atoms with E-state index in [-0.39, 0.29) is 26.5 Å². The Labute approximate surface area is 158 Å². The van der Waals surface area contributed by atoms with Gasteiger partial charge in [-0.15, -0.1) is 0 Å². The van der Waals surface area contributed by atoms with E-state index in [1.54, 1.807) is 0 Å². The van der Waals surface area contributed by atoms with Gasteiger partial charge in [-0.05, 0) is 24.3 Å². The maximum Gasteiger partial charge on any atom is 0.435 e. The van der Waals surface area contributed by atoms with Gasteiger partial charge in [0.25, 0.3) is 5.60 Å². The molecular formula is C15H7Cl3F3NO4. The largest absolute Gasteiger partial charge is 0.475 e. The number of rotatable bonds is 3. The van der Waals surface area contributed by atoms with E-state index in [4.69, 9.17) is 49.2 Å². The highest BCUT2D eigenvalue weighted by Crippen LogP contribution is 2.50. The highest BCUT2D eigenvalue weighted by molar-refractivity contribution is 6.48. The monoisotopic (exact) mass is 427 g/mol. The molecule has 11 heteroatoms. The SMILES string of the molecule is O=C(O)c1ccc(C2=NOC(c3cc(Cl)c(Cl)c(Cl)c3)(C(F)(F)F)C2)o1. The second kappa shape index (κ2) is 6.37. The molecule has 2 heterocycles. The molecule has 1 aliphatic rings. The molecule has 0 saturated carbocycles. The predicted molar refractivity (Wildman–Crippen MR) is 87.1 cm³/mol. The molecule has 0 fully saturated rings. The summed E-state index contributed by atoms with van der Waals surface area (Å²) in [4.78, 5) is 15.6. The van der Waals surface area contributed by atoms with Crippen molar-refractivity contribution < 1.29 is 32.3 Å². The molecule has 1 aromatic heterocycles. The number of hydrogen-bond donors (Lipinski definition) is 1. The minimum atomic E-state index is -4.89. The van der Waals surface area contributed by atoms with Crippen molar-refractivity contribution in [2.45, 2.75) is 18.2 Å². The number of carbonyl (C=O) groups is 1. The summed E-state index contributed by atoms with van der Waals surface area (Å²) < 4.78 is 46.5. The molecule has 0 aliphatic carbocycles. The fourth-order valence-electron chi connectivity index (χ4n) is 2.43. The van der Waals surface area contributed by atoms with Gasteiger partial charge < -0.3 is 14.4 Å². The number of nitrogens with zero attached hydrogens (tertiary/aromatic N) is 1. The average Bonchev–Trinajstić information content (AvgIpc) is 3.18. The van der Waals surface area contributed by atoms with Crippen LogP contribution in [0.1, 0.15) is 28.3 Å². The number of carboxylic acids is 1. The Hall–Kier alpha value is -1.90. The van der Waals surface area contributed by atoms with E-state index in [0.717, 1.165) is 18.2 Å². The van der Waals surface area contributed by atoms with Crippen LogP contribution in [-0.2, 0) is 10.4 Å². The lowest BCUT2D eigenvalue weighted by atomic mass is 9.87. The van der Waals surface area contributed by atoms with Crippen molar-refractivity contribution in [3.8, 4) is 0 Å². The zero-order chi connectivity index (χ0) is 19.3. The normalized spacial score (nSPS) is 20.0. The van der Waals surface area contributed by atoms with Crippen molar-refractivity contribution in [3.05, 3.63) is 56.4 Å². The molecule has 0 amide bonds. The van der Waals surface area contributed by atoms with Crippen molar-refractivity contribution in [1.29, 1.82) is 0 Å². The fourth-order valence-corrected chi connectivity index (χ4v) is 3.03. The lowest BCUT2D eigenvalue weighted by molar-refractivity contribution is -0.275. The number of hydrogen-bond acceptors (Lipinski definition) is 4. The van der Waals surface area contributed by atoms with E-state index >= 15 is 0 Å². The Morgan fingerprint density at radius 3 is 2.31 bits per heavy atom. The van der Waals surface area contributed by atoms with Crippen LogP contribution >= 0.6 is 34.8 Å². The third kappa shape index (κ3) is 3.02. The van der Waals surface area contributed by atoms with Crippen molar-refractivity contribution in [2.24, 2.45) is 5.16 Å². The van der Waals surface area contributed by atoms with E-state index in [0.29, 0.717) is 0 Å². The minimum Gasteiger partial charge on any atom is -0.475 e. The van der Waals surface area contributed by atoms with Crippen molar-refractivity contribution in [3.63, 3.8) is 0 Å². The maximum absolute atomic E-state index is 13.8. The van der Waals surface area contributed by atoms with Gasteiger partial charge in [-0.25, -0.2) is 4.79 Å². The smallest absolute Gasteiger partial charge is 0.435 e. The summed E-state index contributed by atoms with van der Waals surface area (Å²) in [5.74, 6) is -1.96. The van der Waals surface area contributed by atoms with Crippen LogP contribution in [0.3, 0.4) is 0 Å². The first-order valence-corrected chi connectivity index (χ1v) is 7.99. The molecule has 1 aliphatic heterocycles. The zero-order valence-electron chi connectivity index (χ0n) is 12.4. The van der Waals surface area contributed by atoms with Crippen LogP contribution in [0.4, 0.5) is 13.2 Å². The summed E-state index contributed by atoms with van der Waals surface area (Å²) in [6, 6.07) is 4.28. The number of halogens is 6. The second-order valence-electron chi connectivity index (χ2n) is 5.35. The summed E-state index contributed by atoms with van der Waals surface area (Å²) in [6.45, 7) is 0. The van der Waals surface area contributed by atoms with Crippen molar-refractivity contribution in [2.75, 3.05) is 0 Å². The number of furan rings is 1. The van der Waals surface area contributed by atoms with Gasteiger partial charge in [-0.3, -0.25) is 0 Å². The fraction of sp³-hybridized carbons (Fsp3) is 0.200. The lowest BCUT2D eigenvalue weighted by Crippen LogP contribution is -2.42. The molecule has 1 atom stereocenters. The summed E-state index contributed by atoms with van der Waals surface area (Å²) >= 11 is 17.5. The molecule has 138 valence electrons. The van der Waals surface area contributed by atoms with Gasteiger partial charge in [0, 0.05) is 5.56 Å². The molecule has 2 aromatic rings. The van der Waals surface area contributed by atoms with Crippen LogP contribution in [0.5, 0.6) is 0 Å². The quantitative estimate of drug-likeness (QED) is 0.653. The summed E-state index contributed by atoms with van der Waals surface area (Å²) in [7, 11) is 0. The first-order valence-electron chi connectivity index (χ1n) is 6.85. The topological polar surface area (TPSA) is 72.0 Å². The number of oxime groups is 1. The summed E-state index contributed by atoms with van der Waals surface area (Å²) in [5.41, 5.74) is -3.47. The Morgan fingerprint density at radius 2 is 1.81 bits per heavy atom. The number of carboxylic acid groups (broad SMARTS) is 1. The van der Waals surface area contributed by atoms with Gasteiger partial charge in [0.2, 0.25) is 5.76 Å². The highest BCUT2D eigenvalue weighted by Gasteiger charge is 2.62. The molecule has 26 heavy (non-hydrogen) atoms. The maximum atomic E-state index is 13.8. The molecule has 1 unspecified atom stereocenters. The zero-order valence-corrected chi connectivity index (χ0v) is 14.7. The third-order valence-corrected chi connectivity index (χ3v) is 4.93. The van der Waals surface area contributed by atoms with Crippen LogP contribution in [0, 0.1) is 0 Å². The number of alkyl halides is 3. The minimum absolute atomic E-state index is 0.0920. The molecule has 0 spiro atoms. The predicted octanol–water partition coefficient (Wildman–Crippen LogP) is 5.52. The highest BCUT2D eigenvalue weighted by atomic mass is 35.5. The molecule has 0 saturated heterocycles. The Kier molecular flexibility index (Phi) is 4.62.